The number of hydrogen-bond acceptors (Lipinski definition) is 2. The molecule has 0 amide bonds. The first-order chi connectivity index (χ1) is 11.5. The average Bonchev–Trinajstić information content (AvgIpc) is 2.55. The number of hydrogen-bond donors (Lipinski definition) is 0. The van der Waals surface area contributed by atoms with Crippen LogP contribution in [-0.2, 0) is 0 Å². The minimum Gasteiger partial charge on any atom is -0.289 e. The van der Waals surface area contributed by atoms with Gasteiger partial charge in [-0.2, -0.15) is 0 Å². The van der Waals surface area contributed by atoms with Crippen LogP contribution in [0, 0.1) is 20.8 Å². The van der Waals surface area contributed by atoms with Gasteiger partial charge in [0.05, 0.1) is 0 Å². The molecular weight excluding hydrogens is 312 g/mol. The first kappa shape index (κ1) is 16.5. The molecule has 0 saturated heterocycles. The van der Waals surface area contributed by atoms with Gasteiger partial charge < -0.3 is 0 Å². The molecule has 0 heterocycles. The highest BCUT2D eigenvalue weighted by Crippen LogP contribution is 2.28. The SMILES string of the molecule is Cc1cc(C)c(C(=O)c2ccc(Sc3ccccc3)cc2)c(C)c1. The summed E-state index contributed by atoms with van der Waals surface area (Å²) in [7, 11) is 0. The third-order valence-corrected chi connectivity index (χ3v) is 5.02. The lowest BCUT2D eigenvalue weighted by atomic mass is 9.93. The Morgan fingerprint density at radius 3 is 1.88 bits per heavy atom. The summed E-state index contributed by atoms with van der Waals surface area (Å²) < 4.78 is 0. The summed E-state index contributed by atoms with van der Waals surface area (Å²) in [6.07, 6.45) is 0. The number of carbonyl (C=O) groups excluding carboxylic acids is 1. The van der Waals surface area contributed by atoms with Gasteiger partial charge in [-0.3, -0.25) is 4.79 Å². The molecule has 3 aromatic rings. The molecule has 0 aliphatic heterocycles. The van der Waals surface area contributed by atoms with Gasteiger partial charge in [0.1, 0.15) is 0 Å². The summed E-state index contributed by atoms with van der Waals surface area (Å²) in [5.41, 5.74) is 4.84. The maximum Gasteiger partial charge on any atom is 0.193 e. The van der Waals surface area contributed by atoms with E-state index in [0.29, 0.717) is 0 Å². The monoisotopic (exact) mass is 332 g/mol. The van der Waals surface area contributed by atoms with Crippen LogP contribution in [0.3, 0.4) is 0 Å². The van der Waals surface area contributed by atoms with Crippen molar-refractivity contribution >= 4 is 17.5 Å². The smallest absolute Gasteiger partial charge is 0.193 e. The van der Waals surface area contributed by atoms with E-state index in [9.17, 15) is 4.79 Å². The first-order valence-corrected chi connectivity index (χ1v) is 8.82. The number of rotatable bonds is 4. The maximum atomic E-state index is 12.9. The summed E-state index contributed by atoms with van der Waals surface area (Å²) >= 11 is 1.70. The van der Waals surface area contributed by atoms with E-state index in [0.717, 1.165) is 27.1 Å². The average molecular weight is 332 g/mol. The van der Waals surface area contributed by atoms with Gasteiger partial charge >= 0.3 is 0 Å². The Labute approximate surface area is 147 Å². The second-order valence-electron chi connectivity index (χ2n) is 6.04. The fraction of sp³-hybridized carbons (Fsp3) is 0.136. The molecule has 0 bridgehead atoms. The highest BCUT2D eigenvalue weighted by Gasteiger charge is 2.15. The quantitative estimate of drug-likeness (QED) is 0.546. The van der Waals surface area contributed by atoms with Gasteiger partial charge in [-0.15, -0.1) is 0 Å². The van der Waals surface area contributed by atoms with E-state index in [1.807, 2.05) is 56.3 Å². The highest BCUT2D eigenvalue weighted by atomic mass is 32.2. The molecule has 0 aliphatic rings. The molecule has 3 rings (SSSR count). The predicted molar refractivity (Wildman–Crippen MR) is 101 cm³/mol. The number of benzene rings is 3. The van der Waals surface area contributed by atoms with Crippen molar-refractivity contribution in [1.82, 2.24) is 0 Å². The molecule has 0 aliphatic carbocycles. The van der Waals surface area contributed by atoms with E-state index in [2.05, 4.69) is 31.2 Å². The molecule has 0 fully saturated rings. The second-order valence-corrected chi connectivity index (χ2v) is 7.19. The Morgan fingerprint density at radius 1 is 0.750 bits per heavy atom. The van der Waals surface area contributed by atoms with Gasteiger partial charge in [0, 0.05) is 20.9 Å². The van der Waals surface area contributed by atoms with E-state index in [-0.39, 0.29) is 5.78 Å². The van der Waals surface area contributed by atoms with E-state index < -0.39 is 0 Å². The fourth-order valence-corrected chi connectivity index (χ4v) is 3.82. The van der Waals surface area contributed by atoms with E-state index in [1.54, 1.807) is 11.8 Å². The molecule has 3 aromatic carbocycles. The van der Waals surface area contributed by atoms with E-state index in [1.165, 1.54) is 10.5 Å². The molecule has 24 heavy (non-hydrogen) atoms. The molecule has 2 heteroatoms. The molecule has 0 unspecified atom stereocenters. The minimum atomic E-state index is 0.0984. The zero-order valence-electron chi connectivity index (χ0n) is 14.2. The van der Waals surface area contributed by atoms with E-state index in [4.69, 9.17) is 0 Å². The van der Waals surface area contributed by atoms with Crippen LogP contribution in [0.15, 0.2) is 76.5 Å². The molecule has 1 nitrogen and oxygen atoms in total. The van der Waals surface area contributed by atoms with Gasteiger partial charge in [0.25, 0.3) is 0 Å². The van der Waals surface area contributed by atoms with Crippen LogP contribution < -0.4 is 0 Å². The molecule has 0 aromatic heterocycles. The summed E-state index contributed by atoms with van der Waals surface area (Å²) in [6, 6.07) is 22.3. The third kappa shape index (κ3) is 3.60. The van der Waals surface area contributed by atoms with Gasteiger partial charge in [-0.05, 0) is 68.3 Å². The number of ketones is 1. The molecular formula is C22H20OS. The molecule has 0 spiro atoms. The normalized spacial score (nSPS) is 10.6. The molecule has 0 atom stereocenters. The van der Waals surface area contributed by atoms with Crippen molar-refractivity contribution in [3.8, 4) is 0 Å². The number of aryl methyl sites for hydroxylation is 3. The van der Waals surface area contributed by atoms with Crippen molar-refractivity contribution < 1.29 is 4.79 Å². The predicted octanol–water partition coefficient (Wildman–Crippen LogP) is 5.99. The number of carbonyl (C=O) groups is 1. The lowest BCUT2D eigenvalue weighted by Crippen LogP contribution is -2.06. The second kappa shape index (κ2) is 7.06. The molecule has 0 saturated carbocycles. The van der Waals surface area contributed by atoms with Crippen LogP contribution in [0.1, 0.15) is 32.6 Å². The van der Waals surface area contributed by atoms with Gasteiger partial charge in [0.2, 0.25) is 0 Å². The van der Waals surface area contributed by atoms with Gasteiger partial charge in [-0.25, -0.2) is 0 Å². The highest BCUT2D eigenvalue weighted by molar-refractivity contribution is 7.99. The summed E-state index contributed by atoms with van der Waals surface area (Å²) in [6.45, 7) is 6.07. The first-order valence-electron chi connectivity index (χ1n) is 8.00. The lowest BCUT2D eigenvalue weighted by molar-refractivity contribution is 0.103. The third-order valence-electron chi connectivity index (χ3n) is 4.00. The zero-order valence-corrected chi connectivity index (χ0v) is 15.0. The van der Waals surface area contributed by atoms with Crippen molar-refractivity contribution in [3.05, 3.63) is 94.5 Å². The van der Waals surface area contributed by atoms with Gasteiger partial charge in [0.15, 0.2) is 5.78 Å². The Balaban J connectivity index is 1.84. The largest absolute Gasteiger partial charge is 0.289 e. The van der Waals surface area contributed by atoms with Crippen LogP contribution in [-0.4, -0.2) is 5.78 Å². The van der Waals surface area contributed by atoms with Crippen LogP contribution in [0.4, 0.5) is 0 Å². The molecule has 0 N–H and O–H groups in total. The van der Waals surface area contributed by atoms with Crippen LogP contribution in [0.5, 0.6) is 0 Å². The van der Waals surface area contributed by atoms with Crippen molar-refractivity contribution in [2.45, 2.75) is 30.6 Å². The van der Waals surface area contributed by atoms with Crippen LogP contribution in [0.25, 0.3) is 0 Å². The maximum absolute atomic E-state index is 12.9. The Morgan fingerprint density at radius 2 is 1.29 bits per heavy atom. The van der Waals surface area contributed by atoms with Gasteiger partial charge in [-0.1, -0.05) is 47.7 Å². The van der Waals surface area contributed by atoms with E-state index >= 15 is 0 Å². The van der Waals surface area contributed by atoms with Crippen molar-refractivity contribution in [2.75, 3.05) is 0 Å². The molecule has 120 valence electrons. The Hall–Kier alpha value is -2.32. The van der Waals surface area contributed by atoms with Crippen LogP contribution >= 0.6 is 11.8 Å². The minimum absolute atomic E-state index is 0.0984. The van der Waals surface area contributed by atoms with Crippen molar-refractivity contribution in [2.24, 2.45) is 0 Å². The summed E-state index contributed by atoms with van der Waals surface area (Å²) in [5, 5.41) is 0. The molecule has 0 radical (unpaired) electrons. The van der Waals surface area contributed by atoms with Crippen LogP contribution in [0.2, 0.25) is 0 Å². The zero-order chi connectivity index (χ0) is 17.1. The topological polar surface area (TPSA) is 17.1 Å². The Bertz CT molecular complexity index is 841. The summed E-state index contributed by atoms with van der Waals surface area (Å²) in [5.74, 6) is 0.0984. The standard InChI is InChI=1S/C22H20OS/c1-15-13-16(2)21(17(3)14-15)22(23)18-9-11-20(12-10-18)24-19-7-5-4-6-8-19/h4-14H,1-3H3. The summed E-state index contributed by atoms with van der Waals surface area (Å²) in [4.78, 5) is 15.2. The van der Waals surface area contributed by atoms with Crippen molar-refractivity contribution in [3.63, 3.8) is 0 Å². The van der Waals surface area contributed by atoms with Crippen molar-refractivity contribution in [1.29, 1.82) is 0 Å². The fourth-order valence-electron chi connectivity index (χ4n) is 2.98. The Kier molecular flexibility index (Phi) is 4.86. The lowest BCUT2D eigenvalue weighted by Gasteiger charge is -2.11.